The van der Waals surface area contributed by atoms with Gasteiger partial charge in [0.15, 0.2) is 11.5 Å². The van der Waals surface area contributed by atoms with Crippen molar-refractivity contribution in [2.24, 2.45) is 5.84 Å². The van der Waals surface area contributed by atoms with E-state index in [4.69, 9.17) is 22.0 Å². The molecule has 7 heteroatoms. The van der Waals surface area contributed by atoms with E-state index in [2.05, 4.69) is 5.16 Å². The summed E-state index contributed by atoms with van der Waals surface area (Å²) in [5, 5.41) is 4.29. The summed E-state index contributed by atoms with van der Waals surface area (Å²) in [6.07, 6.45) is 0. The minimum atomic E-state index is -0.486. The van der Waals surface area contributed by atoms with Crippen molar-refractivity contribution < 1.29 is 9.32 Å². The molecule has 1 heterocycles. The number of rotatable bonds is 4. The SMILES string of the molecule is CN(Cc1cc(C(=O)NN)no1)c1cccc(Cl)c1. The van der Waals surface area contributed by atoms with E-state index in [1.165, 1.54) is 0 Å². The Kier molecular flexibility index (Phi) is 4.03. The molecule has 1 amide bonds. The van der Waals surface area contributed by atoms with E-state index in [9.17, 15) is 4.79 Å². The van der Waals surface area contributed by atoms with Gasteiger partial charge in [0.05, 0.1) is 6.54 Å². The Labute approximate surface area is 115 Å². The van der Waals surface area contributed by atoms with Crippen LogP contribution in [0.4, 0.5) is 5.69 Å². The van der Waals surface area contributed by atoms with E-state index in [1.54, 1.807) is 12.1 Å². The molecule has 1 aromatic heterocycles. The number of halogens is 1. The fourth-order valence-corrected chi connectivity index (χ4v) is 1.79. The third-order valence-corrected chi connectivity index (χ3v) is 2.80. The average Bonchev–Trinajstić information content (AvgIpc) is 2.86. The van der Waals surface area contributed by atoms with Crippen molar-refractivity contribution >= 4 is 23.2 Å². The van der Waals surface area contributed by atoms with Crippen LogP contribution in [0.3, 0.4) is 0 Å². The molecule has 6 nitrogen and oxygen atoms in total. The number of aromatic nitrogens is 1. The molecule has 0 unspecified atom stereocenters. The number of benzene rings is 1. The Morgan fingerprint density at radius 1 is 1.53 bits per heavy atom. The molecule has 1 aromatic carbocycles. The number of nitrogen functional groups attached to an aromatic ring is 1. The van der Waals surface area contributed by atoms with Crippen molar-refractivity contribution in [1.29, 1.82) is 0 Å². The fraction of sp³-hybridized carbons (Fsp3) is 0.167. The van der Waals surface area contributed by atoms with Gasteiger partial charge in [-0.05, 0) is 18.2 Å². The zero-order valence-electron chi connectivity index (χ0n) is 10.3. The first-order valence-corrected chi connectivity index (χ1v) is 5.91. The molecule has 0 radical (unpaired) electrons. The zero-order valence-corrected chi connectivity index (χ0v) is 11.0. The van der Waals surface area contributed by atoms with Crippen LogP contribution in [0.15, 0.2) is 34.9 Å². The number of nitrogens with zero attached hydrogens (tertiary/aromatic N) is 2. The van der Waals surface area contributed by atoms with Crippen LogP contribution in [0, 0.1) is 0 Å². The molecule has 3 N–H and O–H groups in total. The van der Waals surface area contributed by atoms with Crippen LogP contribution in [-0.4, -0.2) is 18.1 Å². The first kappa shape index (κ1) is 13.4. The predicted molar refractivity (Wildman–Crippen MR) is 71.7 cm³/mol. The highest BCUT2D eigenvalue weighted by Gasteiger charge is 2.12. The Morgan fingerprint density at radius 2 is 2.32 bits per heavy atom. The summed E-state index contributed by atoms with van der Waals surface area (Å²) < 4.78 is 5.07. The zero-order chi connectivity index (χ0) is 13.8. The largest absolute Gasteiger partial charge is 0.367 e. The van der Waals surface area contributed by atoms with E-state index < -0.39 is 5.91 Å². The van der Waals surface area contributed by atoms with Crippen molar-refractivity contribution in [3.8, 4) is 0 Å². The van der Waals surface area contributed by atoms with Gasteiger partial charge in [-0.3, -0.25) is 10.2 Å². The summed E-state index contributed by atoms with van der Waals surface area (Å²) in [4.78, 5) is 13.2. The standard InChI is InChI=1S/C12H13ClN4O2/c1-17(9-4-2-3-8(13)5-9)7-10-6-11(16-19-10)12(18)15-14/h2-6H,7,14H2,1H3,(H,15,18). The van der Waals surface area contributed by atoms with Crippen LogP contribution in [0.1, 0.15) is 16.2 Å². The second-order valence-corrected chi connectivity index (χ2v) is 4.42. The summed E-state index contributed by atoms with van der Waals surface area (Å²) in [5.74, 6) is 5.09. The van der Waals surface area contributed by atoms with Gasteiger partial charge in [-0.2, -0.15) is 0 Å². The molecular formula is C12H13ClN4O2. The van der Waals surface area contributed by atoms with Gasteiger partial charge in [0.25, 0.3) is 5.91 Å². The molecule has 0 saturated heterocycles. The van der Waals surface area contributed by atoms with Gasteiger partial charge in [-0.1, -0.05) is 22.8 Å². The molecule has 0 spiro atoms. The number of anilines is 1. The maximum absolute atomic E-state index is 11.2. The second kappa shape index (κ2) is 5.73. The van der Waals surface area contributed by atoms with Crippen LogP contribution in [-0.2, 0) is 6.54 Å². The molecule has 0 aliphatic rings. The molecule has 19 heavy (non-hydrogen) atoms. The van der Waals surface area contributed by atoms with Crippen molar-refractivity contribution in [2.75, 3.05) is 11.9 Å². The maximum atomic E-state index is 11.2. The maximum Gasteiger partial charge on any atom is 0.287 e. The summed E-state index contributed by atoms with van der Waals surface area (Å²) in [7, 11) is 1.89. The van der Waals surface area contributed by atoms with Crippen LogP contribution >= 0.6 is 11.6 Å². The molecule has 100 valence electrons. The van der Waals surface area contributed by atoms with Gasteiger partial charge in [0, 0.05) is 23.8 Å². The van der Waals surface area contributed by atoms with Crippen molar-refractivity contribution in [3.63, 3.8) is 0 Å². The Balaban J connectivity index is 2.08. The molecule has 0 atom stereocenters. The Morgan fingerprint density at radius 3 is 3.00 bits per heavy atom. The van der Waals surface area contributed by atoms with Crippen LogP contribution in [0.5, 0.6) is 0 Å². The number of carbonyl (C=O) groups is 1. The van der Waals surface area contributed by atoms with E-state index in [0.29, 0.717) is 17.3 Å². The summed E-state index contributed by atoms with van der Waals surface area (Å²) in [5.41, 5.74) is 3.08. The van der Waals surface area contributed by atoms with Crippen LogP contribution in [0.25, 0.3) is 0 Å². The van der Waals surface area contributed by atoms with Crippen molar-refractivity contribution in [3.05, 3.63) is 46.8 Å². The quantitative estimate of drug-likeness (QED) is 0.504. The number of hydrazine groups is 1. The predicted octanol–water partition coefficient (Wildman–Crippen LogP) is 1.57. The van der Waals surface area contributed by atoms with E-state index >= 15 is 0 Å². The normalized spacial score (nSPS) is 10.3. The van der Waals surface area contributed by atoms with Crippen LogP contribution < -0.4 is 16.2 Å². The third kappa shape index (κ3) is 3.24. The monoisotopic (exact) mass is 280 g/mol. The highest BCUT2D eigenvalue weighted by molar-refractivity contribution is 6.30. The number of nitrogens with one attached hydrogen (secondary N) is 1. The van der Waals surface area contributed by atoms with Gasteiger partial charge in [-0.15, -0.1) is 0 Å². The molecule has 0 fully saturated rings. The first-order chi connectivity index (χ1) is 9.10. The number of nitrogens with two attached hydrogens (primary N) is 1. The first-order valence-electron chi connectivity index (χ1n) is 5.53. The summed E-state index contributed by atoms with van der Waals surface area (Å²) >= 11 is 5.93. The van der Waals surface area contributed by atoms with E-state index in [1.807, 2.05) is 35.6 Å². The molecule has 0 aliphatic heterocycles. The molecule has 2 rings (SSSR count). The Hall–Kier alpha value is -2.05. The number of hydrogen-bond donors (Lipinski definition) is 2. The highest BCUT2D eigenvalue weighted by Crippen LogP contribution is 2.20. The lowest BCUT2D eigenvalue weighted by molar-refractivity contribution is 0.0944. The summed E-state index contributed by atoms with van der Waals surface area (Å²) in [6.45, 7) is 0.463. The van der Waals surface area contributed by atoms with Gasteiger partial charge in [0.2, 0.25) is 0 Å². The van der Waals surface area contributed by atoms with Crippen LogP contribution in [0.2, 0.25) is 5.02 Å². The number of amides is 1. The van der Waals surface area contributed by atoms with Gasteiger partial charge in [0.1, 0.15) is 0 Å². The van der Waals surface area contributed by atoms with E-state index in [-0.39, 0.29) is 5.69 Å². The third-order valence-electron chi connectivity index (χ3n) is 2.56. The lowest BCUT2D eigenvalue weighted by Gasteiger charge is -2.17. The second-order valence-electron chi connectivity index (χ2n) is 3.99. The lowest BCUT2D eigenvalue weighted by atomic mass is 10.3. The number of carbonyl (C=O) groups excluding carboxylic acids is 1. The molecule has 0 aliphatic carbocycles. The molecule has 2 aromatic rings. The van der Waals surface area contributed by atoms with E-state index in [0.717, 1.165) is 5.69 Å². The average molecular weight is 281 g/mol. The van der Waals surface area contributed by atoms with Crippen molar-refractivity contribution in [1.82, 2.24) is 10.6 Å². The molecule has 0 bridgehead atoms. The number of hydrogen-bond acceptors (Lipinski definition) is 5. The van der Waals surface area contributed by atoms with Gasteiger partial charge in [-0.25, -0.2) is 5.84 Å². The minimum Gasteiger partial charge on any atom is -0.367 e. The van der Waals surface area contributed by atoms with Gasteiger partial charge >= 0.3 is 0 Å². The van der Waals surface area contributed by atoms with Gasteiger partial charge < -0.3 is 9.42 Å². The summed E-state index contributed by atoms with van der Waals surface area (Å²) in [6, 6.07) is 8.98. The molecular weight excluding hydrogens is 268 g/mol. The minimum absolute atomic E-state index is 0.150. The topological polar surface area (TPSA) is 84.4 Å². The fourth-order valence-electron chi connectivity index (χ4n) is 1.61. The highest BCUT2D eigenvalue weighted by atomic mass is 35.5. The lowest BCUT2D eigenvalue weighted by Crippen LogP contribution is -2.30. The molecule has 0 saturated carbocycles. The smallest absolute Gasteiger partial charge is 0.287 e. The van der Waals surface area contributed by atoms with Crippen molar-refractivity contribution in [2.45, 2.75) is 6.54 Å². The Bertz CT molecular complexity index is 585.